The topological polar surface area (TPSA) is 58.2 Å². The van der Waals surface area contributed by atoms with E-state index in [1.54, 1.807) is 36.4 Å². The Kier molecular flexibility index (Phi) is 6.25. The number of hydrogen-bond donors (Lipinski definition) is 2. The second-order valence-corrected chi connectivity index (χ2v) is 7.77. The van der Waals surface area contributed by atoms with Gasteiger partial charge >= 0.3 is 0 Å². The third-order valence-corrected chi connectivity index (χ3v) is 5.52. The minimum absolute atomic E-state index is 0.161. The predicted molar refractivity (Wildman–Crippen MR) is 121 cm³/mol. The first-order valence-electron chi connectivity index (χ1n) is 7.76. The molecule has 0 unspecified atom stereocenters. The molecule has 0 aliphatic heterocycles. The summed E-state index contributed by atoms with van der Waals surface area (Å²) in [4.78, 5) is 24.7. The molecule has 3 aromatic carbocycles. The second kappa shape index (κ2) is 8.63. The number of hydrogen-bond acceptors (Lipinski definition) is 2. The van der Waals surface area contributed by atoms with Crippen LogP contribution in [0.1, 0.15) is 20.7 Å². The number of carbonyl (C=O) groups is 2. The number of carbonyl (C=O) groups excluding carboxylic acids is 2. The van der Waals surface area contributed by atoms with Gasteiger partial charge in [0.2, 0.25) is 0 Å². The van der Waals surface area contributed by atoms with Crippen molar-refractivity contribution in [2.75, 3.05) is 10.6 Å². The molecular weight excluding hydrogens is 554 g/mol. The van der Waals surface area contributed by atoms with Crippen molar-refractivity contribution < 1.29 is 9.59 Å². The van der Waals surface area contributed by atoms with Crippen LogP contribution < -0.4 is 10.6 Å². The zero-order chi connectivity index (χ0) is 18.5. The van der Waals surface area contributed by atoms with Gasteiger partial charge in [-0.25, -0.2) is 0 Å². The minimum Gasteiger partial charge on any atom is -0.322 e. The lowest BCUT2D eigenvalue weighted by molar-refractivity contribution is 0.101. The van der Waals surface area contributed by atoms with E-state index in [-0.39, 0.29) is 11.8 Å². The Morgan fingerprint density at radius 1 is 0.577 bits per heavy atom. The molecule has 0 heterocycles. The molecule has 0 aliphatic carbocycles. The maximum atomic E-state index is 12.3. The quantitative estimate of drug-likeness (QED) is 0.415. The van der Waals surface area contributed by atoms with Crippen LogP contribution in [0.5, 0.6) is 0 Å². The van der Waals surface area contributed by atoms with Crippen molar-refractivity contribution in [3.05, 3.63) is 91.1 Å². The van der Waals surface area contributed by atoms with Crippen molar-refractivity contribution in [3.63, 3.8) is 0 Å². The molecule has 26 heavy (non-hydrogen) atoms. The lowest BCUT2D eigenvalue weighted by atomic mass is 10.2. The number of benzene rings is 3. The largest absolute Gasteiger partial charge is 0.322 e. The van der Waals surface area contributed by atoms with Gasteiger partial charge in [0.25, 0.3) is 11.8 Å². The molecule has 3 rings (SSSR count). The van der Waals surface area contributed by atoms with E-state index in [0.29, 0.717) is 22.5 Å². The lowest BCUT2D eigenvalue weighted by Gasteiger charge is -2.09. The summed E-state index contributed by atoms with van der Waals surface area (Å²) in [6, 6.07) is 21.9. The highest BCUT2D eigenvalue weighted by Gasteiger charge is 2.11. The fraction of sp³-hybridized carbons (Fsp3) is 0. The van der Waals surface area contributed by atoms with Crippen LogP contribution in [0, 0.1) is 7.14 Å². The Labute approximate surface area is 178 Å². The first kappa shape index (κ1) is 18.8. The van der Waals surface area contributed by atoms with E-state index in [1.807, 2.05) is 36.4 Å². The zero-order valence-corrected chi connectivity index (χ0v) is 17.8. The van der Waals surface area contributed by atoms with Crippen LogP contribution >= 0.6 is 45.2 Å². The van der Waals surface area contributed by atoms with E-state index in [2.05, 4.69) is 55.8 Å². The van der Waals surface area contributed by atoms with Gasteiger partial charge in [0.1, 0.15) is 0 Å². The van der Waals surface area contributed by atoms with Gasteiger partial charge in [-0.15, -0.1) is 0 Å². The van der Waals surface area contributed by atoms with Crippen LogP contribution in [-0.2, 0) is 0 Å². The van der Waals surface area contributed by atoms with Gasteiger partial charge in [-0.2, -0.15) is 0 Å². The monoisotopic (exact) mass is 568 g/mol. The number of rotatable bonds is 4. The van der Waals surface area contributed by atoms with Crippen molar-refractivity contribution in [2.24, 2.45) is 0 Å². The molecule has 0 bridgehead atoms. The summed E-state index contributed by atoms with van der Waals surface area (Å²) >= 11 is 4.27. The van der Waals surface area contributed by atoms with Gasteiger partial charge in [-0.1, -0.05) is 24.3 Å². The van der Waals surface area contributed by atoms with Crippen LogP contribution in [0.15, 0.2) is 72.8 Å². The molecule has 0 atom stereocenters. The average molecular weight is 568 g/mol. The van der Waals surface area contributed by atoms with Crippen LogP contribution in [0.3, 0.4) is 0 Å². The van der Waals surface area contributed by atoms with Gasteiger partial charge in [0.15, 0.2) is 0 Å². The highest BCUT2D eigenvalue weighted by atomic mass is 127. The first-order valence-corrected chi connectivity index (χ1v) is 9.92. The summed E-state index contributed by atoms with van der Waals surface area (Å²) in [6.45, 7) is 0. The van der Waals surface area contributed by atoms with E-state index >= 15 is 0 Å². The van der Waals surface area contributed by atoms with Crippen molar-refractivity contribution >= 4 is 68.4 Å². The molecular formula is C20H14I2N2O2. The third-order valence-electron chi connectivity index (χ3n) is 3.64. The Bertz CT molecular complexity index is 878. The van der Waals surface area contributed by atoms with Crippen LogP contribution in [0.2, 0.25) is 0 Å². The number of nitrogens with one attached hydrogen (secondary N) is 2. The van der Waals surface area contributed by atoms with E-state index in [9.17, 15) is 9.59 Å². The Hall–Kier alpha value is -1.94. The van der Waals surface area contributed by atoms with E-state index in [1.165, 1.54) is 0 Å². The fourth-order valence-corrected chi connectivity index (χ4v) is 3.59. The van der Waals surface area contributed by atoms with Gasteiger partial charge in [0, 0.05) is 18.5 Å². The maximum absolute atomic E-state index is 12.3. The van der Waals surface area contributed by atoms with Crippen molar-refractivity contribution in [1.82, 2.24) is 0 Å². The smallest absolute Gasteiger partial charge is 0.256 e. The molecule has 6 heteroatoms. The predicted octanol–water partition coefficient (Wildman–Crippen LogP) is 5.40. The normalized spacial score (nSPS) is 10.2. The molecule has 2 amide bonds. The molecule has 0 saturated carbocycles. The molecule has 0 aliphatic rings. The summed E-state index contributed by atoms with van der Waals surface area (Å²) in [5, 5.41) is 5.73. The van der Waals surface area contributed by atoms with E-state index < -0.39 is 0 Å². The van der Waals surface area contributed by atoms with E-state index in [0.717, 1.165) is 7.14 Å². The minimum atomic E-state index is -0.161. The highest BCUT2D eigenvalue weighted by Crippen LogP contribution is 2.19. The van der Waals surface area contributed by atoms with Gasteiger partial charge in [-0.05, 0) is 93.7 Å². The summed E-state index contributed by atoms with van der Waals surface area (Å²) < 4.78 is 1.79. The fourth-order valence-electron chi connectivity index (χ4n) is 2.32. The Morgan fingerprint density at radius 3 is 1.27 bits per heavy atom. The standard InChI is InChI=1S/C20H14I2N2O2/c21-17-7-3-1-5-15(17)19(25)23-13-9-11-14(12-10-13)24-20(26)16-6-2-4-8-18(16)22/h1-12H,(H,23,25)(H,24,26). The van der Waals surface area contributed by atoms with Crippen LogP contribution in [0.4, 0.5) is 11.4 Å². The summed E-state index contributed by atoms with van der Waals surface area (Å²) in [7, 11) is 0. The van der Waals surface area contributed by atoms with Gasteiger partial charge in [-0.3, -0.25) is 9.59 Å². The average Bonchev–Trinajstić information content (AvgIpc) is 2.64. The van der Waals surface area contributed by atoms with Crippen molar-refractivity contribution in [3.8, 4) is 0 Å². The lowest BCUT2D eigenvalue weighted by Crippen LogP contribution is -2.14. The molecule has 2 N–H and O–H groups in total. The highest BCUT2D eigenvalue weighted by molar-refractivity contribution is 14.1. The summed E-state index contributed by atoms with van der Waals surface area (Å²) in [5.74, 6) is -0.323. The Morgan fingerprint density at radius 2 is 0.923 bits per heavy atom. The van der Waals surface area contributed by atoms with Crippen molar-refractivity contribution in [1.29, 1.82) is 0 Å². The van der Waals surface area contributed by atoms with Crippen molar-refractivity contribution in [2.45, 2.75) is 0 Å². The Balaban J connectivity index is 1.67. The molecule has 0 aromatic heterocycles. The third kappa shape index (κ3) is 4.61. The zero-order valence-electron chi connectivity index (χ0n) is 13.5. The van der Waals surface area contributed by atoms with E-state index in [4.69, 9.17) is 0 Å². The maximum Gasteiger partial charge on any atom is 0.256 e. The summed E-state index contributed by atoms with van der Waals surface area (Å²) in [6.07, 6.45) is 0. The molecule has 3 aromatic rings. The number of halogens is 2. The molecule has 130 valence electrons. The molecule has 0 radical (unpaired) electrons. The van der Waals surface area contributed by atoms with Gasteiger partial charge in [0.05, 0.1) is 11.1 Å². The van der Waals surface area contributed by atoms with Crippen LogP contribution in [0.25, 0.3) is 0 Å². The number of anilines is 2. The molecule has 4 nitrogen and oxygen atoms in total. The molecule has 0 saturated heterocycles. The van der Waals surface area contributed by atoms with Gasteiger partial charge < -0.3 is 10.6 Å². The summed E-state index contributed by atoms with van der Waals surface area (Å²) in [5.41, 5.74) is 2.59. The SMILES string of the molecule is O=C(Nc1ccc(NC(=O)c2ccccc2I)cc1)c1ccccc1I. The number of amides is 2. The molecule has 0 fully saturated rings. The molecule has 0 spiro atoms. The first-order chi connectivity index (χ1) is 12.5. The van der Waals surface area contributed by atoms with Crippen LogP contribution in [-0.4, -0.2) is 11.8 Å². The second-order valence-electron chi connectivity index (χ2n) is 5.45.